The summed E-state index contributed by atoms with van der Waals surface area (Å²) in [4.78, 5) is 0. The van der Waals surface area contributed by atoms with Gasteiger partial charge in [-0.25, -0.2) is 0 Å². The summed E-state index contributed by atoms with van der Waals surface area (Å²) in [6, 6.07) is -1.17. The Bertz CT molecular complexity index is 147. The third kappa shape index (κ3) is 1.98. The summed E-state index contributed by atoms with van der Waals surface area (Å²) in [6.07, 6.45) is -3.63. The van der Waals surface area contributed by atoms with Gasteiger partial charge in [0, 0.05) is 0 Å². The summed E-state index contributed by atoms with van der Waals surface area (Å²) in [6.45, 7) is -0.608. The molecule has 78 valence electrons. The van der Waals surface area contributed by atoms with Crippen molar-refractivity contribution in [1.29, 1.82) is 0 Å². The normalized spacial score (nSPS) is 46.4. The van der Waals surface area contributed by atoms with Crippen LogP contribution in [0, 0.1) is 0 Å². The van der Waals surface area contributed by atoms with Crippen LogP contribution < -0.4 is 5.32 Å². The van der Waals surface area contributed by atoms with Crippen LogP contribution in [-0.2, 0) is 0 Å². The van der Waals surface area contributed by atoms with Crippen LogP contribution in [0.15, 0.2) is 0 Å². The van der Waals surface area contributed by atoms with Crippen molar-refractivity contribution in [2.75, 3.05) is 13.2 Å². The number of hydrogen-bond donors (Lipinski definition) is 6. The van der Waals surface area contributed by atoms with Gasteiger partial charge in [0.25, 0.3) is 0 Å². The number of piperidine rings is 1. The highest BCUT2D eigenvalue weighted by atomic mass is 16.4. The van der Waals surface area contributed by atoms with E-state index in [2.05, 4.69) is 0 Å². The fourth-order valence-corrected chi connectivity index (χ4v) is 1.59. The van der Waals surface area contributed by atoms with Gasteiger partial charge < -0.3 is 30.8 Å². The summed E-state index contributed by atoms with van der Waals surface area (Å²) in [5.74, 6) is 0. The molecule has 0 aromatic heterocycles. The molecule has 0 amide bonds. The number of hydrogen-bond acceptors (Lipinski definition) is 5. The van der Waals surface area contributed by atoms with E-state index in [4.69, 9.17) is 10.2 Å². The molecule has 1 aliphatic rings. The Morgan fingerprint density at radius 1 is 0.769 bits per heavy atom. The fourth-order valence-electron chi connectivity index (χ4n) is 1.59. The van der Waals surface area contributed by atoms with E-state index in [1.807, 2.05) is 0 Å². The lowest BCUT2D eigenvalue weighted by Crippen LogP contribution is -3.04. The molecular formula is C7H16NO5+. The minimum Gasteiger partial charge on any atom is -0.390 e. The molecule has 0 saturated carbocycles. The molecule has 6 nitrogen and oxygen atoms in total. The zero-order chi connectivity index (χ0) is 10.0. The minimum atomic E-state index is -1.31. The Morgan fingerprint density at radius 2 is 1.15 bits per heavy atom. The summed E-state index contributed by atoms with van der Waals surface area (Å²) in [5.41, 5.74) is 0. The van der Waals surface area contributed by atoms with Crippen LogP contribution in [0.1, 0.15) is 0 Å². The number of aliphatic hydroxyl groups is 5. The molecule has 0 bridgehead atoms. The second-order valence-electron chi connectivity index (χ2n) is 3.36. The highest BCUT2D eigenvalue weighted by Crippen LogP contribution is 2.09. The predicted octanol–water partition coefficient (Wildman–Crippen LogP) is -4.63. The monoisotopic (exact) mass is 194 g/mol. The summed E-state index contributed by atoms with van der Waals surface area (Å²) in [5, 5.41) is 47.1. The van der Waals surface area contributed by atoms with Crippen molar-refractivity contribution >= 4 is 0 Å². The van der Waals surface area contributed by atoms with Gasteiger partial charge in [-0.05, 0) is 0 Å². The number of rotatable bonds is 2. The molecule has 1 saturated heterocycles. The first-order chi connectivity index (χ1) is 6.11. The number of quaternary nitrogens is 1. The standard InChI is InChI=1S/C7H15NO5/c9-1-3-5(11)7(13)6(12)4(2-10)8-3/h3-13H,1-2H2/p+1/t3-,4-,5-,6+,7?/m0/s1. The Kier molecular flexibility index (Phi) is 3.60. The van der Waals surface area contributed by atoms with Gasteiger partial charge in [0.05, 0.1) is 13.2 Å². The molecule has 0 spiro atoms. The van der Waals surface area contributed by atoms with Gasteiger partial charge in [-0.15, -0.1) is 0 Å². The van der Waals surface area contributed by atoms with Crippen molar-refractivity contribution in [2.24, 2.45) is 0 Å². The van der Waals surface area contributed by atoms with E-state index >= 15 is 0 Å². The molecule has 1 heterocycles. The van der Waals surface area contributed by atoms with Crippen LogP contribution in [-0.4, -0.2) is 69.1 Å². The second kappa shape index (κ2) is 4.32. The molecule has 0 radical (unpaired) electrons. The van der Waals surface area contributed by atoms with Gasteiger partial charge in [-0.2, -0.15) is 0 Å². The van der Waals surface area contributed by atoms with Gasteiger partial charge in [-0.3, -0.25) is 0 Å². The van der Waals surface area contributed by atoms with E-state index in [0.717, 1.165) is 0 Å². The van der Waals surface area contributed by atoms with Crippen molar-refractivity contribution in [3.8, 4) is 0 Å². The molecule has 6 heteroatoms. The Balaban J connectivity index is 2.66. The van der Waals surface area contributed by atoms with Crippen LogP contribution in [0.5, 0.6) is 0 Å². The van der Waals surface area contributed by atoms with Crippen LogP contribution in [0.25, 0.3) is 0 Å². The maximum Gasteiger partial charge on any atom is 0.138 e. The first kappa shape index (κ1) is 10.8. The molecule has 0 aromatic carbocycles. The molecule has 13 heavy (non-hydrogen) atoms. The Morgan fingerprint density at radius 3 is 1.46 bits per heavy atom. The third-order valence-electron chi connectivity index (χ3n) is 2.49. The minimum absolute atomic E-state index is 0.304. The number of nitrogens with two attached hydrogens (primary N) is 1. The van der Waals surface area contributed by atoms with Crippen LogP contribution in [0.4, 0.5) is 0 Å². The van der Waals surface area contributed by atoms with Crippen molar-refractivity contribution in [3.63, 3.8) is 0 Å². The molecule has 1 fully saturated rings. The van der Waals surface area contributed by atoms with E-state index in [-0.39, 0.29) is 13.2 Å². The van der Waals surface area contributed by atoms with Crippen molar-refractivity contribution < 1.29 is 30.8 Å². The Labute approximate surface area is 75.4 Å². The molecule has 1 rings (SSSR count). The third-order valence-corrected chi connectivity index (χ3v) is 2.49. The summed E-state index contributed by atoms with van der Waals surface area (Å²) >= 11 is 0. The molecule has 5 atom stereocenters. The lowest BCUT2D eigenvalue weighted by molar-refractivity contribution is -0.750. The highest BCUT2D eigenvalue weighted by Gasteiger charge is 2.45. The van der Waals surface area contributed by atoms with Crippen molar-refractivity contribution in [3.05, 3.63) is 0 Å². The molecule has 7 N–H and O–H groups in total. The predicted molar refractivity (Wildman–Crippen MR) is 41.7 cm³/mol. The first-order valence-corrected chi connectivity index (χ1v) is 4.22. The molecule has 1 aliphatic heterocycles. The van der Waals surface area contributed by atoms with Crippen LogP contribution >= 0.6 is 0 Å². The van der Waals surface area contributed by atoms with E-state index in [1.165, 1.54) is 5.32 Å². The van der Waals surface area contributed by atoms with E-state index in [1.54, 1.807) is 0 Å². The Hall–Kier alpha value is -0.240. The fraction of sp³-hybridized carbons (Fsp3) is 1.00. The zero-order valence-corrected chi connectivity index (χ0v) is 7.11. The first-order valence-electron chi connectivity index (χ1n) is 4.22. The maximum atomic E-state index is 9.34. The molecule has 0 aromatic rings. The van der Waals surface area contributed by atoms with E-state index in [0.29, 0.717) is 0 Å². The SMILES string of the molecule is OC[C@@H]1[NH2+][C@@H](CO)[C@@H](O)C(O)[C@H]1O. The smallest absolute Gasteiger partial charge is 0.138 e. The number of aliphatic hydroxyl groups excluding tert-OH is 5. The highest BCUT2D eigenvalue weighted by molar-refractivity contribution is 4.88. The largest absolute Gasteiger partial charge is 0.390 e. The van der Waals surface area contributed by atoms with Gasteiger partial charge in [0.15, 0.2) is 0 Å². The topological polar surface area (TPSA) is 118 Å². The van der Waals surface area contributed by atoms with Gasteiger partial charge in [0.1, 0.15) is 30.4 Å². The lowest BCUT2D eigenvalue weighted by Gasteiger charge is -2.37. The van der Waals surface area contributed by atoms with E-state index < -0.39 is 30.4 Å². The van der Waals surface area contributed by atoms with Crippen molar-refractivity contribution in [1.82, 2.24) is 0 Å². The summed E-state index contributed by atoms with van der Waals surface area (Å²) < 4.78 is 0. The van der Waals surface area contributed by atoms with Crippen LogP contribution in [0.2, 0.25) is 0 Å². The summed E-state index contributed by atoms with van der Waals surface area (Å²) in [7, 11) is 0. The maximum absolute atomic E-state index is 9.34. The molecule has 1 unspecified atom stereocenters. The van der Waals surface area contributed by atoms with Crippen LogP contribution in [0.3, 0.4) is 0 Å². The quantitative estimate of drug-likeness (QED) is 0.264. The zero-order valence-electron chi connectivity index (χ0n) is 7.11. The van der Waals surface area contributed by atoms with E-state index in [9.17, 15) is 15.3 Å². The van der Waals surface area contributed by atoms with Gasteiger partial charge in [0.2, 0.25) is 0 Å². The molecule has 0 aliphatic carbocycles. The van der Waals surface area contributed by atoms with Crippen molar-refractivity contribution in [2.45, 2.75) is 30.4 Å². The average Bonchev–Trinajstić information content (AvgIpc) is 2.15. The van der Waals surface area contributed by atoms with Gasteiger partial charge in [-0.1, -0.05) is 0 Å². The average molecular weight is 194 g/mol. The second-order valence-corrected chi connectivity index (χ2v) is 3.36. The molecular weight excluding hydrogens is 178 g/mol. The van der Waals surface area contributed by atoms with Gasteiger partial charge >= 0.3 is 0 Å². The lowest BCUT2D eigenvalue weighted by atomic mass is 9.91.